The first-order valence-electron chi connectivity index (χ1n) is 12.6. The summed E-state index contributed by atoms with van der Waals surface area (Å²) in [5.41, 5.74) is 1.37. The Hall–Kier alpha value is -3.94. The van der Waals surface area contributed by atoms with Crippen LogP contribution in [0.2, 0.25) is 0 Å². The maximum atomic E-state index is 14.0. The molecule has 0 bridgehead atoms. The van der Waals surface area contributed by atoms with E-state index in [1.165, 1.54) is 48.0 Å². The Morgan fingerprint density at radius 3 is 2.50 bits per heavy atom. The number of nitrogens with one attached hydrogen (secondary N) is 2. The predicted octanol–water partition coefficient (Wildman–Crippen LogP) is 5.16. The molecule has 0 aliphatic carbocycles. The first-order chi connectivity index (χ1) is 20.2. The lowest BCUT2D eigenvalue weighted by molar-refractivity contribution is -0.122. The van der Waals surface area contributed by atoms with Crippen LogP contribution in [0.4, 0.5) is 15.8 Å². The number of aromatic nitrogens is 1. The van der Waals surface area contributed by atoms with Gasteiger partial charge in [0.1, 0.15) is 22.6 Å². The third-order valence-electron chi connectivity index (χ3n) is 6.95. The highest BCUT2D eigenvalue weighted by Crippen LogP contribution is 2.54. The monoisotopic (exact) mass is 669 g/mol. The maximum Gasteiger partial charge on any atom is 0.305 e. The summed E-state index contributed by atoms with van der Waals surface area (Å²) in [4.78, 5) is 57.2. The number of anilines is 2. The van der Waals surface area contributed by atoms with E-state index in [9.17, 15) is 23.6 Å². The number of methoxy groups -OCH3 is 1. The van der Waals surface area contributed by atoms with Gasteiger partial charge in [-0.05, 0) is 66.7 Å². The number of rotatable bonds is 7. The number of imide groups is 1. The third-order valence-corrected chi connectivity index (χ3v) is 9.84. The van der Waals surface area contributed by atoms with Gasteiger partial charge in [-0.3, -0.25) is 19.2 Å². The molecule has 0 radical (unpaired) electrons. The second-order valence-electron chi connectivity index (χ2n) is 9.49. The Morgan fingerprint density at radius 2 is 1.79 bits per heavy atom. The van der Waals surface area contributed by atoms with E-state index in [4.69, 9.17) is 9.47 Å². The lowest BCUT2D eigenvalue weighted by Gasteiger charge is -2.31. The fraction of sp³-hybridized carbons (Fsp3) is 0.172. The predicted molar refractivity (Wildman–Crippen MR) is 160 cm³/mol. The highest BCUT2D eigenvalue weighted by molar-refractivity contribution is 9.10. The van der Waals surface area contributed by atoms with Crippen LogP contribution in [-0.4, -0.2) is 41.7 Å². The highest BCUT2D eigenvalue weighted by atomic mass is 79.9. The Morgan fingerprint density at radius 1 is 1.05 bits per heavy atom. The molecule has 214 valence electrons. The molecule has 0 saturated carbocycles. The number of aromatic amines is 1. The van der Waals surface area contributed by atoms with Crippen molar-refractivity contribution in [2.24, 2.45) is 5.92 Å². The number of thioether (sulfide) groups is 1. The van der Waals surface area contributed by atoms with Crippen LogP contribution in [0, 0.1) is 11.7 Å². The number of H-pyrrole nitrogens is 1. The molecule has 6 rings (SSSR count). The van der Waals surface area contributed by atoms with Gasteiger partial charge in [0, 0.05) is 26.5 Å². The van der Waals surface area contributed by atoms with E-state index in [1.54, 1.807) is 42.5 Å². The van der Waals surface area contributed by atoms with Crippen molar-refractivity contribution >= 4 is 68.1 Å². The molecule has 2 aliphatic rings. The summed E-state index contributed by atoms with van der Waals surface area (Å²) in [6, 6.07) is 17.2. The summed E-state index contributed by atoms with van der Waals surface area (Å²) in [6.07, 6.45) is 0. The Balaban J connectivity index is 1.35. The largest absolute Gasteiger partial charge is 0.497 e. The van der Waals surface area contributed by atoms with Gasteiger partial charge >= 0.3 is 4.87 Å². The van der Waals surface area contributed by atoms with Gasteiger partial charge in [-0.15, -0.1) is 0 Å². The summed E-state index contributed by atoms with van der Waals surface area (Å²) in [7, 11) is 1.53. The summed E-state index contributed by atoms with van der Waals surface area (Å²) in [5.74, 6) is -2.34. The summed E-state index contributed by atoms with van der Waals surface area (Å²) < 4.78 is 25.1. The molecule has 1 aromatic heterocycles. The minimum atomic E-state index is -0.840. The van der Waals surface area contributed by atoms with Gasteiger partial charge in [0.15, 0.2) is 6.61 Å². The Bertz CT molecular complexity index is 1760. The van der Waals surface area contributed by atoms with Gasteiger partial charge in [0.25, 0.3) is 5.91 Å². The number of thiazole rings is 1. The molecule has 3 heterocycles. The quantitative estimate of drug-likeness (QED) is 0.261. The molecule has 13 heteroatoms. The summed E-state index contributed by atoms with van der Waals surface area (Å²) in [5, 5.41) is 2.38. The molecule has 0 spiro atoms. The van der Waals surface area contributed by atoms with E-state index in [1.807, 2.05) is 0 Å². The first kappa shape index (κ1) is 28.2. The smallest absolute Gasteiger partial charge is 0.305 e. The molecule has 0 unspecified atom stereocenters. The molecule has 3 aromatic carbocycles. The number of carbonyl (C=O) groups is 3. The minimum Gasteiger partial charge on any atom is -0.497 e. The SMILES string of the molecule is COc1ccc(N2C(=O)[C@H]3[C@H](c4cc(Br)ccc4OCC(=O)Nc4ccc(F)cc4)c4sc(=O)[nH]c4S[C@H]3C2=O)cc1. The van der Waals surface area contributed by atoms with E-state index in [-0.39, 0.29) is 17.4 Å². The number of nitrogens with zero attached hydrogens (tertiary/aromatic N) is 1. The zero-order valence-corrected chi connectivity index (χ0v) is 25.0. The van der Waals surface area contributed by atoms with Crippen LogP contribution in [0.25, 0.3) is 0 Å². The average Bonchev–Trinajstić information content (AvgIpc) is 3.47. The van der Waals surface area contributed by atoms with Crippen molar-refractivity contribution < 1.29 is 28.2 Å². The third kappa shape index (κ3) is 5.23. The number of ether oxygens (including phenoxy) is 2. The van der Waals surface area contributed by atoms with Crippen LogP contribution >= 0.6 is 39.0 Å². The van der Waals surface area contributed by atoms with Gasteiger partial charge in [-0.2, -0.15) is 0 Å². The second kappa shape index (κ2) is 11.4. The van der Waals surface area contributed by atoms with Crippen molar-refractivity contribution in [2.45, 2.75) is 16.2 Å². The number of amides is 3. The van der Waals surface area contributed by atoms with Crippen molar-refractivity contribution in [3.05, 3.63) is 97.1 Å². The van der Waals surface area contributed by atoms with Crippen molar-refractivity contribution in [1.82, 2.24) is 4.98 Å². The van der Waals surface area contributed by atoms with E-state index in [0.29, 0.717) is 42.8 Å². The topological polar surface area (TPSA) is 118 Å². The molecule has 9 nitrogen and oxygen atoms in total. The number of hydrogen-bond acceptors (Lipinski definition) is 8. The average molecular weight is 671 g/mol. The van der Waals surface area contributed by atoms with Crippen molar-refractivity contribution in [3.8, 4) is 11.5 Å². The molecular formula is C29H21BrFN3O6S2. The van der Waals surface area contributed by atoms with E-state index in [2.05, 4.69) is 26.2 Å². The van der Waals surface area contributed by atoms with Crippen LogP contribution in [0.3, 0.4) is 0 Å². The van der Waals surface area contributed by atoms with Crippen molar-refractivity contribution in [2.75, 3.05) is 23.9 Å². The van der Waals surface area contributed by atoms with Gasteiger partial charge in [0.05, 0.1) is 23.7 Å². The minimum absolute atomic E-state index is 0.305. The van der Waals surface area contributed by atoms with E-state index >= 15 is 0 Å². The van der Waals surface area contributed by atoms with E-state index in [0.717, 1.165) is 11.3 Å². The normalized spacial score (nSPS) is 19.3. The lowest BCUT2D eigenvalue weighted by atomic mass is 9.82. The molecule has 4 aromatic rings. The van der Waals surface area contributed by atoms with E-state index < -0.39 is 34.7 Å². The fourth-order valence-electron chi connectivity index (χ4n) is 5.11. The second-order valence-corrected chi connectivity index (χ2v) is 12.6. The first-order valence-corrected chi connectivity index (χ1v) is 15.1. The van der Waals surface area contributed by atoms with Gasteiger partial charge in [-0.25, -0.2) is 9.29 Å². The van der Waals surface area contributed by atoms with Gasteiger partial charge in [0.2, 0.25) is 11.8 Å². The Labute approximate surface area is 255 Å². The number of hydrogen-bond donors (Lipinski definition) is 2. The fourth-order valence-corrected chi connectivity index (χ4v) is 7.99. The summed E-state index contributed by atoms with van der Waals surface area (Å²) >= 11 is 5.64. The number of carbonyl (C=O) groups excluding carboxylic acids is 3. The molecule has 3 amide bonds. The standard InChI is InChI=1S/C29H21BrFN3O6S2/c1-39-18-9-7-17(8-10-18)34-27(36)23-22(24-26(33-29(38)42-24)41-25(23)28(34)37)19-12-14(30)2-11-20(19)40-13-21(35)32-16-5-3-15(31)4-6-16/h2-12,22-23,25H,13H2,1H3,(H,32,35)(H,33,38)/t22-,23-,25+/m0/s1. The zero-order chi connectivity index (χ0) is 29.5. The zero-order valence-electron chi connectivity index (χ0n) is 21.8. The van der Waals surface area contributed by atoms with Crippen molar-refractivity contribution in [1.29, 1.82) is 0 Å². The van der Waals surface area contributed by atoms with Gasteiger partial charge in [-0.1, -0.05) is 39.0 Å². The number of halogens is 2. The van der Waals surface area contributed by atoms with Gasteiger partial charge < -0.3 is 19.8 Å². The van der Waals surface area contributed by atoms with Crippen LogP contribution in [0.1, 0.15) is 16.4 Å². The lowest BCUT2D eigenvalue weighted by Crippen LogP contribution is -2.32. The van der Waals surface area contributed by atoms with Crippen LogP contribution < -0.4 is 24.6 Å². The molecule has 2 N–H and O–H groups in total. The van der Waals surface area contributed by atoms with Crippen LogP contribution in [0.5, 0.6) is 11.5 Å². The molecule has 42 heavy (non-hydrogen) atoms. The Kier molecular flexibility index (Phi) is 7.64. The number of fused-ring (bicyclic) bond motifs is 2. The molecule has 1 fully saturated rings. The highest BCUT2D eigenvalue weighted by Gasteiger charge is 2.56. The molecule has 1 saturated heterocycles. The molecule has 3 atom stereocenters. The molecule has 2 aliphatic heterocycles. The summed E-state index contributed by atoms with van der Waals surface area (Å²) in [6.45, 7) is -0.372. The van der Waals surface area contributed by atoms with Crippen LogP contribution in [-0.2, 0) is 14.4 Å². The van der Waals surface area contributed by atoms with Crippen LogP contribution in [0.15, 0.2) is 81.0 Å². The molecular weight excluding hydrogens is 649 g/mol. The maximum absolute atomic E-state index is 14.0. The van der Waals surface area contributed by atoms with Crippen molar-refractivity contribution in [3.63, 3.8) is 0 Å². The number of benzene rings is 3.